The number of carboxylic acids is 1. The Kier molecular flexibility index (Phi) is 14.5. The smallest absolute Gasteiger partial charge is 0.364 e. The van der Waals surface area contributed by atoms with Crippen molar-refractivity contribution in [1.82, 2.24) is 5.32 Å². The molecule has 22 heteroatoms. The molecule has 0 aromatic heterocycles. The van der Waals surface area contributed by atoms with Gasteiger partial charge in [-0.05, 0) is 0 Å². The summed E-state index contributed by atoms with van der Waals surface area (Å²) in [4.78, 5) is 23.1. The van der Waals surface area contributed by atoms with Gasteiger partial charge in [0.25, 0.3) is 5.79 Å². The first kappa shape index (κ1) is 39.7. The molecular formula is C25H43NO21. The van der Waals surface area contributed by atoms with E-state index in [-0.39, 0.29) is 6.41 Å². The number of carbonyl (C=O) groups is 2. The van der Waals surface area contributed by atoms with Crippen molar-refractivity contribution in [2.24, 2.45) is 0 Å². The molecule has 17 atom stereocenters. The SMILES string of the molecule is O=CN[C@H](CO)CO[C@@H]1O[C@H](CO)[C@@H](O[C@@H]2O[C@H](CO)[C@H](O)[C@H](O[C@]3(C(=O)O)C[C@H](O)[C@@H](O)[C@H]([C@H](O)[C@H](O)CO)O3)[C@H]2O)[C@H](O)[C@H]1O. The number of ether oxygens (including phenoxy) is 6. The number of rotatable bonds is 16. The van der Waals surface area contributed by atoms with Crippen LogP contribution >= 0.6 is 0 Å². The van der Waals surface area contributed by atoms with Gasteiger partial charge in [-0.1, -0.05) is 0 Å². The minimum absolute atomic E-state index is 0.286. The van der Waals surface area contributed by atoms with Crippen LogP contribution in [0, 0.1) is 0 Å². The lowest BCUT2D eigenvalue weighted by Crippen LogP contribution is -2.69. The molecule has 0 aromatic rings. The van der Waals surface area contributed by atoms with Crippen LogP contribution in [0.2, 0.25) is 0 Å². The van der Waals surface area contributed by atoms with Crippen molar-refractivity contribution in [2.45, 2.75) is 110 Å². The van der Waals surface area contributed by atoms with Gasteiger partial charge in [0, 0.05) is 6.42 Å². The van der Waals surface area contributed by atoms with E-state index in [0.29, 0.717) is 0 Å². The highest BCUT2D eigenvalue weighted by Gasteiger charge is 2.59. The van der Waals surface area contributed by atoms with Gasteiger partial charge in [-0.2, -0.15) is 0 Å². The van der Waals surface area contributed by atoms with Crippen molar-refractivity contribution < 1.29 is 104 Å². The predicted octanol–water partition coefficient (Wildman–Crippen LogP) is -9.24. The van der Waals surface area contributed by atoms with Gasteiger partial charge in [0.15, 0.2) is 12.6 Å². The maximum Gasteiger partial charge on any atom is 0.364 e. The van der Waals surface area contributed by atoms with Gasteiger partial charge in [-0.15, -0.1) is 0 Å². The van der Waals surface area contributed by atoms with Gasteiger partial charge in [-0.3, -0.25) is 4.79 Å². The number of carbonyl (C=O) groups excluding carboxylic acids is 1. The zero-order chi connectivity index (χ0) is 35.2. The predicted molar refractivity (Wildman–Crippen MR) is 142 cm³/mol. The Hall–Kier alpha value is -1.78. The fourth-order valence-corrected chi connectivity index (χ4v) is 5.31. The molecule has 14 N–H and O–H groups in total. The maximum absolute atomic E-state index is 12.5. The summed E-state index contributed by atoms with van der Waals surface area (Å²) in [5.41, 5.74) is 0. The van der Waals surface area contributed by atoms with Crippen LogP contribution in [-0.2, 0) is 38.0 Å². The summed E-state index contributed by atoms with van der Waals surface area (Å²) in [6, 6.07) is -0.920. The summed E-state index contributed by atoms with van der Waals surface area (Å²) in [6.07, 6.45) is -29.9. The molecular weight excluding hydrogens is 650 g/mol. The molecule has 0 spiro atoms. The fourth-order valence-electron chi connectivity index (χ4n) is 5.31. The van der Waals surface area contributed by atoms with E-state index in [1.54, 1.807) is 0 Å². The summed E-state index contributed by atoms with van der Waals surface area (Å²) in [6.45, 7) is -3.90. The van der Waals surface area contributed by atoms with Crippen molar-refractivity contribution in [2.75, 3.05) is 33.0 Å². The second kappa shape index (κ2) is 17.2. The van der Waals surface area contributed by atoms with E-state index in [1.165, 1.54) is 0 Å². The average molecular weight is 694 g/mol. The summed E-state index contributed by atoms with van der Waals surface area (Å²) < 4.78 is 32.5. The molecule has 3 fully saturated rings. The molecule has 22 nitrogen and oxygen atoms in total. The van der Waals surface area contributed by atoms with E-state index < -0.39 is 149 Å². The highest BCUT2D eigenvalue weighted by Crippen LogP contribution is 2.38. The third-order valence-electron chi connectivity index (χ3n) is 8.02. The van der Waals surface area contributed by atoms with Crippen LogP contribution in [0.4, 0.5) is 0 Å². The van der Waals surface area contributed by atoms with Crippen LogP contribution in [0.5, 0.6) is 0 Å². The van der Waals surface area contributed by atoms with Gasteiger partial charge >= 0.3 is 5.97 Å². The molecule has 3 aliphatic rings. The standard InChI is InChI=1S/C25H43NO21/c27-2-8(26-7-31)6-42-22-17(38)16(37)19(12(5-30)44-22)45-23-18(39)21(15(36)11(4-29)43-23)47-25(24(40)41)1-9(32)13(34)20(46-25)14(35)10(33)3-28/h7-23,27-30,32-39H,1-6H2,(H,26,31)(H,40,41)/t8-,9+,10-,11-,12-,13-,14-,15+,16-,17-,18-,19-,20-,21+,22-,23+,25+/m1/s1. The number of aliphatic hydroxyl groups excluding tert-OH is 12. The van der Waals surface area contributed by atoms with E-state index in [1.807, 2.05) is 0 Å². The number of aliphatic carboxylic acids is 1. The highest BCUT2D eigenvalue weighted by atomic mass is 16.8. The van der Waals surface area contributed by atoms with Crippen LogP contribution < -0.4 is 5.32 Å². The summed E-state index contributed by atoms with van der Waals surface area (Å²) in [5.74, 6) is -5.05. The Balaban J connectivity index is 1.84. The minimum atomic E-state index is -3.05. The Morgan fingerprint density at radius 3 is 2.04 bits per heavy atom. The second-order valence-corrected chi connectivity index (χ2v) is 11.2. The molecule has 3 aliphatic heterocycles. The van der Waals surface area contributed by atoms with Gasteiger partial charge in [0.1, 0.15) is 73.2 Å². The van der Waals surface area contributed by atoms with Crippen molar-refractivity contribution in [1.29, 1.82) is 0 Å². The number of nitrogens with one attached hydrogen (secondary N) is 1. The minimum Gasteiger partial charge on any atom is -0.477 e. The van der Waals surface area contributed by atoms with Crippen molar-refractivity contribution in [3.8, 4) is 0 Å². The fraction of sp³-hybridized carbons (Fsp3) is 0.920. The largest absolute Gasteiger partial charge is 0.477 e. The van der Waals surface area contributed by atoms with Crippen LogP contribution in [-0.4, -0.2) is 216 Å². The number of amides is 1. The van der Waals surface area contributed by atoms with Crippen molar-refractivity contribution in [3.63, 3.8) is 0 Å². The Bertz CT molecular complexity index is 994. The molecule has 0 aliphatic carbocycles. The molecule has 47 heavy (non-hydrogen) atoms. The first-order valence-corrected chi connectivity index (χ1v) is 14.4. The quantitative estimate of drug-likeness (QED) is 0.0667. The third kappa shape index (κ3) is 8.69. The van der Waals surface area contributed by atoms with Crippen LogP contribution in [0.15, 0.2) is 0 Å². The zero-order valence-corrected chi connectivity index (χ0v) is 24.6. The monoisotopic (exact) mass is 693 g/mol. The van der Waals surface area contributed by atoms with Crippen LogP contribution in [0.1, 0.15) is 6.42 Å². The number of carboxylic acid groups (broad SMARTS) is 1. The summed E-state index contributed by atoms with van der Waals surface area (Å²) >= 11 is 0. The molecule has 0 aromatic carbocycles. The molecule has 0 unspecified atom stereocenters. The van der Waals surface area contributed by atoms with Crippen molar-refractivity contribution in [3.05, 3.63) is 0 Å². The van der Waals surface area contributed by atoms with Gasteiger partial charge < -0.3 is 100 Å². The number of aliphatic hydroxyl groups is 12. The Morgan fingerprint density at radius 2 is 1.49 bits per heavy atom. The van der Waals surface area contributed by atoms with Crippen LogP contribution in [0.3, 0.4) is 0 Å². The molecule has 1 amide bonds. The summed E-state index contributed by atoms with van der Waals surface area (Å²) in [5, 5.41) is 135. The molecule has 3 saturated heterocycles. The lowest BCUT2D eigenvalue weighted by molar-refractivity contribution is -0.390. The Morgan fingerprint density at radius 1 is 0.851 bits per heavy atom. The van der Waals surface area contributed by atoms with Gasteiger partial charge in [0.05, 0.1) is 45.2 Å². The zero-order valence-electron chi connectivity index (χ0n) is 24.6. The van der Waals surface area contributed by atoms with Crippen LogP contribution in [0.25, 0.3) is 0 Å². The lowest BCUT2D eigenvalue weighted by Gasteiger charge is -2.50. The first-order valence-electron chi connectivity index (χ1n) is 14.4. The number of hydrogen-bond donors (Lipinski definition) is 14. The second-order valence-electron chi connectivity index (χ2n) is 11.2. The molecule has 0 saturated carbocycles. The van der Waals surface area contributed by atoms with E-state index >= 15 is 0 Å². The van der Waals surface area contributed by atoms with E-state index in [4.69, 9.17) is 28.4 Å². The Labute approximate surface area is 265 Å². The molecule has 0 radical (unpaired) electrons. The normalized spacial score (nSPS) is 43.1. The summed E-state index contributed by atoms with van der Waals surface area (Å²) in [7, 11) is 0. The van der Waals surface area contributed by atoms with E-state index in [0.717, 1.165) is 0 Å². The maximum atomic E-state index is 12.5. The molecule has 3 heterocycles. The molecule has 3 rings (SSSR count). The van der Waals surface area contributed by atoms with E-state index in [9.17, 15) is 76.0 Å². The third-order valence-corrected chi connectivity index (χ3v) is 8.02. The topological polar surface area (TPSA) is 365 Å². The lowest BCUT2D eigenvalue weighted by atomic mass is 9.90. The van der Waals surface area contributed by atoms with Gasteiger partial charge in [-0.25, -0.2) is 4.79 Å². The molecule has 0 bridgehead atoms. The van der Waals surface area contributed by atoms with Gasteiger partial charge in [0.2, 0.25) is 6.41 Å². The highest BCUT2D eigenvalue weighted by molar-refractivity contribution is 5.76. The first-order chi connectivity index (χ1) is 22.2. The van der Waals surface area contributed by atoms with Crippen molar-refractivity contribution >= 4 is 12.4 Å². The number of hydrogen-bond acceptors (Lipinski definition) is 20. The average Bonchev–Trinajstić information content (AvgIpc) is 3.05. The molecule has 274 valence electrons. The van der Waals surface area contributed by atoms with E-state index in [2.05, 4.69) is 5.32 Å².